The summed E-state index contributed by atoms with van der Waals surface area (Å²) in [5.74, 6) is -0.919. The lowest BCUT2D eigenvalue weighted by atomic mass is 10.2. The molecule has 0 atom stereocenters. The molecule has 1 aromatic carbocycles. The average molecular weight is 425 g/mol. The predicted octanol–water partition coefficient (Wildman–Crippen LogP) is 3.77. The van der Waals surface area contributed by atoms with Crippen LogP contribution in [-0.2, 0) is 17.9 Å². The third kappa shape index (κ3) is 4.42. The number of amides is 1. The minimum Gasteiger partial charge on any atom is -0.292 e. The van der Waals surface area contributed by atoms with E-state index in [4.69, 9.17) is 11.6 Å². The lowest BCUT2D eigenvalue weighted by molar-refractivity contribution is -0.117. The van der Waals surface area contributed by atoms with E-state index in [1.807, 2.05) is 0 Å². The Morgan fingerprint density at radius 2 is 2.10 bits per heavy atom. The molecule has 1 saturated carbocycles. The number of alkyl halides is 2. The lowest BCUT2D eigenvalue weighted by Crippen LogP contribution is -2.22. The summed E-state index contributed by atoms with van der Waals surface area (Å²) in [5, 5.41) is 10.8. The number of anilines is 1. The molecular weight excluding hydrogens is 409 g/mol. The van der Waals surface area contributed by atoms with Crippen LogP contribution in [0.4, 0.5) is 19.1 Å². The number of hydrogen-bond donors (Lipinski definition) is 1. The van der Waals surface area contributed by atoms with Gasteiger partial charge in [-0.3, -0.25) is 14.8 Å². The summed E-state index contributed by atoms with van der Waals surface area (Å²) in [6.45, 7) is -0.367. The zero-order chi connectivity index (χ0) is 20.5. The molecule has 0 aliphatic heterocycles. The highest BCUT2D eigenvalue weighted by molar-refractivity contribution is 6.31. The highest BCUT2D eigenvalue weighted by atomic mass is 35.5. The summed E-state index contributed by atoms with van der Waals surface area (Å²) >= 11 is 5.99. The molecule has 1 fully saturated rings. The topological polar surface area (TPSA) is 77.6 Å². The number of nitrogens with zero attached hydrogens (tertiary/aromatic N) is 5. The second kappa shape index (κ2) is 7.86. The number of nitrogens with one attached hydrogen (secondary N) is 1. The molecule has 2 heterocycles. The Balaban J connectivity index is 1.42. The molecule has 0 saturated heterocycles. The number of rotatable bonds is 7. The molecule has 4 rings (SSSR count). The van der Waals surface area contributed by atoms with Crippen molar-refractivity contribution in [2.24, 2.45) is 0 Å². The van der Waals surface area contributed by atoms with Crippen LogP contribution < -0.4 is 5.32 Å². The summed E-state index contributed by atoms with van der Waals surface area (Å²) in [7, 11) is 0. The molecule has 11 heteroatoms. The quantitative estimate of drug-likeness (QED) is 0.626. The fraction of sp³-hybridized carbons (Fsp3) is 0.333. The Morgan fingerprint density at radius 1 is 1.31 bits per heavy atom. The highest BCUT2D eigenvalue weighted by Gasteiger charge is 2.29. The van der Waals surface area contributed by atoms with Gasteiger partial charge in [-0.05, 0) is 31.0 Å². The van der Waals surface area contributed by atoms with Gasteiger partial charge >= 0.3 is 0 Å². The van der Waals surface area contributed by atoms with Crippen molar-refractivity contribution in [1.82, 2.24) is 24.5 Å². The van der Waals surface area contributed by atoms with Gasteiger partial charge in [0, 0.05) is 16.5 Å². The van der Waals surface area contributed by atoms with Gasteiger partial charge in [0.05, 0.1) is 12.2 Å². The molecule has 0 spiro atoms. The second-order valence-corrected chi connectivity index (χ2v) is 7.15. The third-order valence-electron chi connectivity index (χ3n) is 4.51. The fourth-order valence-corrected chi connectivity index (χ4v) is 3.13. The molecule has 1 N–H and O–H groups in total. The molecular formula is C18H16ClF3N6O. The second-order valence-electron chi connectivity index (χ2n) is 6.74. The fourth-order valence-electron chi connectivity index (χ4n) is 2.91. The van der Waals surface area contributed by atoms with Crippen molar-refractivity contribution in [2.45, 2.75) is 38.3 Å². The van der Waals surface area contributed by atoms with Crippen LogP contribution in [0.25, 0.3) is 0 Å². The number of hydrogen-bond acceptors (Lipinski definition) is 4. The minimum atomic E-state index is -2.73. The van der Waals surface area contributed by atoms with Crippen LogP contribution in [0.5, 0.6) is 0 Å². The maximum absolute atomic E-state index is 13.9. The molecule has 29 heavy (non-hydrogen) atoms. The first-order chi connectivity index (χ1) is 13.9. The largest absolute Gasteiger partial charge is 0.292 e. The van der Waals surface area contributed by atoms with Crippen molar-refractivity contribution in [2.75, 3.05) is 5.32 Å². The highest BCUT2D eigenvalue weighted by Crippen LogP contribution is 2.40. The van der Waals surface area contributed by atoms with Gasteiger partial charge in [-0.2, -0.15) is 5.10 Å². The van der Waals surface area contributed by atoms with Gasteiger partial charge in [-0.25, -0.2) is 22.8 Å². The van der Waals surface area contributed by atoms with E-state index >= 15 is 0 Å². The van der Waals surface area contributed by atoms with Crippen molar-refractivity contribution in [1.29, 1.82) is 0 Å². The van der Waals surface area contributed by atoms with Crippen LogP contribution in [0, 0.1) is 5.82 Å². The zero-order valence-corrected chi connectivity index (χ0v) is 15.8. The van der Waals surface area contributed by atoms with E-state index in [-0.39, 0.29) is 41.2 Å². The maximum atomic E-state index is 13.9. The van der Waals surface area contributed by atoms with Gasteiger partial charge in [0.2, 0.25) is 11.9 Å². The van der Waals surface area contributed by atoms with Gasteiger partial charge in [0.15, 0.2) is 0 Å². The molecule has 7 nitrogen and oxygen atoms in total. The molecule has 152 valence electrons. The molecule has 1 aliphatic carbocycles. The van der Waals surface area contributed by atoms with E-state index in [9.17, 15) is 18.0 Å². The third-order valence-corrected chi connectivity index (χ3v) is 4.87. The maximum Gasteiger partial charge on any atom is 0.280 e. The summed E-state index contributed by atoms with van der Waals surface area (Å²) in [6, 6.07) is 5.67. The Labute approximate surface area is 168 Å². The van der Waals surface area contributed by atoms with Crippen molar-refractivity contribution < 1.29 is 18.0 Å². The Bertz CT molecular complexity index is 1030. The van der Waals surface area contributed by atoms with E-state index < -0.39 is 18.1 Å². The van der Waals surface area contributed by atoms with Crippen LogP contribution >= 0.6 is 11.6 Å². The number of halogens is 4. The van der Waals surface area contributed by atoms with Gasteiger partial charge in [0.1, 0.15) is 24.4 Å². The standard InChI is InChI=1S/C18H16ClF3N6O/c19-12-2-1-3-13(20)11(12)7-27-9-23-18(26-27)24-16(29)8-28-15(17(21)22)6-14(25-28)10-4-5-10/h1-3,6,9-10,17H,4-5,7-8H2,(H,24,26,29). The van der Waals surface area contributed by atoms with Gasteiger partial charge < -0.3 is 0 Å². The minimum absolute atomic E-state index is 0.0216. The molecule has 0 bridgehead atoms. The number of aromatic nitrogens is 5. The van der Waals surface area contributed by atoms with Crippen molar-refractivity contribution >= 4 is 23.5 Å². The average Bonchev–Trinajstić information content (AvgIpc) is 3.28. The number of carbonyl (C=O) groups excluding carboxylic acids is 1. The molecule has 0 radical (unpaired) electrons. The Kier molecular flexibility index (Phi) is 5.27. The smallest absolute Gasteiger partial charge is 0.280 e. The van der Waals surface area contributed by atoms with Gasteiger partial charge in [-0.1, -0.05) is 17.7 Å². The summed E-state index contributed by atoms with van der Waals surface area (Å²) in [6.07, 6.45) is 0.409. The van der Waals surface area contributed by atoms with Gasteiger partial charge in [-0.15, -0.1) is 5.10 Å². The zero-order valence-electron chi connectivity index (χ0n) is 15.0. The SMILES string of the molecule is O=C(Cn1nc(C2CC2)cc1C(F)F)Nc1ncn(Cc2c(F)cccc2Cl)n1. The number of benzene rings is 1. The van der Waals surface area contributed by atoms with E-state index in [0.717, 1.165) is 17.5 Å². The molecule has 0 unspecified atom stereocenters. The van der Waals surface area contributed by atoms with Crippen LogP contribution in [-0.4, -0.2) is 30.5 Å². The lowest BCUT2D eigenvalue weighted by Gasteiger charge is -2.06. The molecule has 2 aromatic heterocycles. The summed E-state index contributed by atoms with van der Waals surface area (Å²) in [5.41, 5.74) is 0.523. The monoisotopic (exact) mass is 424 g/mol. The van der Waals surface area contributed by atoms with Crippen LogP contribution in [0.15, 0.2) is 30.6 Å². The van der Waals surface area contributed by atoms with Crippen molar-refractivity contribution in [3.8, 4) is 0 Å². The Hall–Kier alpha value is -2.88. The first-order valence-corrected chi connectivity index (χ1v) is 9.26. The Morgan fingerprint density at radius 3 is 2.79 bits per heavy atom. The van der Waals surface area contributed by atoms with E-state index in [1.54, 1.807) is 6.07 Å². The first kappa shape index (κ1) is 19.4. The summed E-state index contributed by atoms with van der Waals surface area (Å²) < 4.78 is 42.6. The van der Waals surface area contributed by atoms with E-state index in [0.29, 0.717) is 5.69 Å². The normalized spacial score (nSPS) is 13.8. The van der Waals surface area contributed by atoms with Crippen LogP contribution in [0.1, 0.15) is 42.1 Å². The van der Waals surface area contributed by atoms with Gasteiger partial charge in [0.25, 0.3) is 6.43 Å². The van der Waals surface area contributed by atoms with Crippen molar-refractivity contribution in [3.05, 3.63) is 58.4 Å². The van der Waals surface area contributed by atoms with Crippen molar-refractivity contribution in [3.63, 3.8) is 0 Å². The molecule has 3 aromatic rings. The van der Waals surface area contributed by atoms with Crippen LogP contribution in [0.3, 0.4) is 0 Å². The van der Waals surface area contributed by atoms with E-state index in [1.165, 1.54) is 29.2 Å². The number of carbonyl (C=O) groups is 1. The van der Waals surface area contributed by atoms with E-state index in [2.05, 4.69) is 20.5 Å². The van der Waals surface area contributed by atoms with Crippen LogP contribution in [0.2, 0.25) is 5.02 Å². The predicted molar refractivity (Wildman–Crippen MR) is 98.3 cm³/mol. The molecule has 1 aliphatic rings. The first-order valence-electron chi connectivity index (χ1n) is 8.88. The summed E-state index contributed by atoms with van der Waals surface area (Å²) in [4.78, 5) is 16.2. The molecule has 1 amide bonds.